The van der Waals surface area contributed by atoms with Gasteiger partial charge in [-0.1, -0.05) is 24.3 Å². The number of pyridine rings is 1. The summed E-state index contributed by atoms with van der Waals surface area (Å²) in [6, 6.07) is 10.6. The van der Waals surface area contributed by atoms with Crippen molar-refractivity contribution in [3.63, 3.8) is 0 Å². The zero-order valence-corrected chi connectivity index (χ0v) is 11.1. The number of aliphatic hydroxyl groups is 1. The molecular formula is C16H18N2O. The molecule has 3 heteroatoms. The number of hydrogen-bond donors (Lipinski definition) is 1. The summed E-state index contributed by atoms with van der Waals surface area (Å²) in [4.78, 5) is 6.88. The molecule has 1 aliphatic rings. The predicted octanol–water partition coefficient (Wildman–Crippen LogP) is 2.62. The third-order valence-electron chi connectivity index (χ3n) is 3.65. The molecule has 0 spiro atoms. The number of fused-ring (bicyclic) bond motifs is 1. The SMILES string of the molecule is Cc1cc(CCO)cnc1N1CCc2ccccc21. The monoisotopic (exact) mass is 254 g/mol. The van der Waals surface area contributed by atoms with Crippen molar-refractivity contribution in [1.82, 2.24) is 4.98 Å². The number of benzene rings is 1. The lowest BCUT2D eigenvalue weighted by molar-refractivity contribution is 0.299. The molecule has 0 amide bonds. The van der Waals surface area contributed by atoms with Gasteiger partial charge in [-0.25, -0.2) is 4.98 Å². The molecule has 98 valence electrons. The number of para-hydroxylation sites is 1. The van der Waals surface area contributed by atoms with E-state index in [1.54, 1.807) is 0 Å². The Morgan fingerprint density at radius 2 is 2.16 bits per heavy atom. The van der Waals surface area contributed by atoms with E-state index in [2.05, 4.69) is 47.1 Å². The third kappa shape index (κ3) is 2.22. The quantitative estimate of drug-likeness (QED) is 0.914. The Labute approximate surface area is 113 Å². The van der Waals surface area contributed by atoms with Gasteiger partial charge in [0.25, 0.3) is 0 Å². The Kier molecular flexibility index (Phi) is 3.22. The molecule has 2 aromatic rings. The molecule has 0 aliphatic carbocycles. The summed E-state index contributed by atoms with van der Waals surface area (Å²) in [6.07, 6.45) is 3.62. The van der Waals surface area contributed by atoms with E-state index in [0.717, 1.165) is 24.3 Å². The summed E-state index contributed by atoms with van der Waals surface area (Å²) >= 11 is 0. The first kappa shape index (κ1) is 12.2. The Morgan fingerprint density at radius 3 is 2.95 bits per heavy atom. The van der Waals surface area contributed by atoms with Crippen molar-refractivity contribution in [2.24, 2.45) is 0 Å². The molecule has 1 aromatic carbocycles. The molecule has 3 nitrogen and oxygen atoms in total. The summed E-state index contributed by atoms with van der Waals surface area (Å²) in [5, 5.41) is 8.98. The van der Waals surface area contributed by atoms with Crippen LogP contribution in [0, 0.1) is 6.92 Å². The molecule has 0 bridgehead atoms. The first-order valence-corrected chi connectivity index (χ1v) is 6.71. The highest BCUT2D eigenvalue weighted by atomic mass is 16.2. The fourth-order valence-corrected chi connectivity index (χ4v) is 2.73. The van der Waals surface area contributed by atoms with Crippen LogP contribution in [0.5, 0.6) is 0 Å². The molecular weight excluding hydrogens is 236 g/mol. The van der Waals surface area contributed by atoms with Gasteiger partial charge in [-0.05, 0) is 42.5 Å². The number of rotatable bonds is 3. The average Bonchev–Trinajstić information content (AvgIpc) is 2.83. The maximum atomic E-state index is 8.98. The molecule has 0 unspecified atom stereocenters. The summed E-state index contributed by atoms with van der Waals surface area (Å²) in [6.45, 7) is 3.25. The molecule has 1 aliphatic heterocycles. The van der Waals surface area contributed by atoms with Crippen molar-refractivity contribution < 1.29 is 5.11 Å². The van der Waals surface area contributed by atoms with Gasteiger partial charge in [0, 0.05) is 25.0 Å². The maximum Gasteiger partial charge on any atom is 0.135 e. The van der Waals surface area contributed by atoms with Gasteiger partial charge in [0.05, 0.1) is 0 Å². The lowest BCUT2D eigenvalue weighted by atomic mass is 10.1. The van der Waals surface area contributed by atoms with Crippen molar-refractivity contribution >= 4 is 11.5 Å². The van der Waals surface area contributed by atoms with E-state index in [1.165, 1.54) is 16.8 Å². The first-order valence-electron chi connectivity index (χ1n) is 6.71. The van der Waals surface area contributed by atoms with E-state index in [9.17, 15) is 0 Å². The minimum atomic E-state index is 0.174. The van der Waals surface area contributed by atoms with Crippen molar-refractivity contribution in [3.8, 4) is 0 Å². The van der Waals surface area contributed by atoms with Crippen LogP contribution in [0.15, 0.2) is 36.5 Å². The zero-order valence-electron chi connectivity index (χ0n) is 11.1. The van der Waals surface area contributed by atoms with Crippen LogP contribution in [-0.2, 0) is 12.8 Å². The molecule has 19 heavy (non-hydrogen) atoms. The molecule has 0 saturated heterocycles. The Hall–Kier alpha value is -1.87. The van der Waals surface area contributed by atoms with Crippen molar-refractivity contribution in [2.75, 3.05) is 18.1 Å². The second-order valence-electron chi connectivity index (χ2n) is 4.99. The summed E-state index contributed by atoms with van der Waals surface area (Å²) in [5.74, 6) is 1.03. The number of aliphatic hydroxyl groups excluding tert-OH is 1. The molecule has 3 rings (SSSR count). The van der Waals surface area contributed by atoms with Gasteiger partial charge in [0.15, 0.2) is 0 Å². The minimum Gasteiger partial charge on any atom is -0.396 e. The number of hydrogen-bond acceptors (Lipinski definition) is 3. The van der Waals surface area contributed by atoms with Gasteiger partial charge in [-0.3, -0.25) is 0 Å². The van der Waals surface area contributed by atoms with Gasteiger partial charge in [-0.2, -0.15) is 0 Å². The molecule has 0 saturated carbocycles. The predicted molar refractivity (Wildman–Crippen MR) is 76.9 cm³/mol. The van der Waals surface area contributed by atoms with Crippen molar-refractivity contribution in [1.29, 1.82) is 0 Å². The van der Waals surface area contributed by atoms with Crippen LogP contribution in [0.1, 0.15) is 16.7 Å². The van der Waals surface area contributed by atoms with Crippen LogP contribution in [0.2, 0.25) is 0 Å². The molecule has 0 atom stereocenters. The van der Waals surface area contributed by atoms with E-state index < -0.39 is 0 Å². The number of aryl methyl sites for hydroxylation is 1. The summed E-state index contributed by atoms with van der Waals surface area (Å²) in [5.41, 5.74) is 4.93. The number of anilines is 2. The van der Waals surface area contributed by atoms with Crippen LogP contribution < -0.4 is 4.90 Å². The fourth-order valence-electron chi connectivity index (χ4n) is 2.73. The van der Waals surface area contributed by atoms with E-state index in [1.807, 2.05) is 6.20 Å². The van der Waals surface area contributed by atoms with E-state index in [4.69, 9.17) is 5.11 Å². The average molecular weight is 254 g/mol. The second kappa shape index (κ2) is 5.02. The normalized spacial score (nSPS) is 13.7. The van der Waals surface area contributed by atoms with E-state index in [-0.39, 0.29) is 6.61 Å². The van der Waals surface area contributed by atoms with Crippen LogP contribution in [0.25, 0.3) is 0 Å². The molecule has 1 N–H and O–H groups in total. The molecule has 0 radical (unpaired) electrons. The summed E-state index contributed by atoms with van der Waals surface area (Å²) in [7, 11) is 0. The lowest BCUT2D eigenvalue weighted by Crippen LogP contribution is -2.16. The van der Waals surface area contributed by atoms with Gasteiger partial charge in [-0.15, -0.1) is 0 Å². The first-order chi connectivity index (χ1) is 9.29. The highest BCUT2D eigenvalue weighted by molar-refractivity contribution is 5.69. The van der Waals surface area contributed by atoms with Crippen LogP contribution in [0.4, 0.5) is 11.5 Å². The van der Waals surface area contributed by atoms with E-state index in [0.29, 0.717) is 6.42 Å². The molecule has 2 heterocycles. The Morgan fingerprint density at radius 1 is 1.32 bits per heavy atom. The standard InChI is InChI=1S/C16H18N2O/c1-12-10-13(7-9-19)11-17-16(12)18-8-6-14-4-2-3-5-15(14)18/h2-5,10-11,19H,6-9H2,1H3. The Bertz CT molecular complexity index is 595. The van der Waals surface area contributed by atoms with Crippen LogP contribution in [-0.4, -0.2) is 23.2 Å². The third-order valence-corrected chi connectivity index (χ3v) is 3.65. The topological polar surface area (TPSA) is 36.4 Å². The number of nitrogens with zero attached hydrogens (tertiary/aromatic N) is 2. The number of aromatic nitrogens is 1. The van der Waals surface area contributed by atoms with Gasteiger partial charge in [0.1, 0.15) is 5.82 Å². The maximum absolute atomic E-state index is 8.98. The Balaban J connectivity index is 1.96. The van der Waals surface area contributed by atoms with Gasteiger partial charge < -0.3 is 10.0 Å². The van der Waals surface area contributed by atoms with Crippen molar-refractivity contribution in [3.05, 3.63) is 53.2 Å². The second-order valence-corrected chi connectivity index (χ2v) is 4.99. The van der Waals surface area contributed by atoms with Gasteiger partial charge >= 0.3 is 0 Å². The largest absolute Gasteiger partial charge is 0.396 e. The van der Waals surface area contributed by atoms with Crippen LogP contribution in [0.3, 0.4) is 0 Å². The smallest absolute Gasteiger partial charge is 0.135 e. The summed E-state index contributed by atoms with van der Waals surface area (Å²) < 4.78 is 0. The highest BCUT2D eigenvalue weighted by Gasteiger charge is 2.21. The fraction of sp³-hybridized carbons (Fsp3) is 0.312. The zero-order chi connectivity index (χ0) is 13.2. The van der Waals surface area contributed by atoms with Gasteiger partial charge in [0.2, 0.25) is 0 Å². The lowest BCUT2D eigenvalue weighted by Gasteiger charge is -2.20. The molecule has 1 aromatic heterocycles. The highest BCUT2D eigenvalue weighted by Crippen LogP contribution is 2.34. The molecule has 0 fully saturated rings. The van der Waals surface area contributed by atoms with E-state index >= 15 is 0 Å². The van der Waals surface area contributed by atoms with Crippen LogP contribution >= 0.6 is 0 Å². The minimum absolute atomic E-state index is 0.174. The van der Waals surface area contributed by atoms with Crippen molar-refractivity contribution in [2.45, 2.75) is 19.8 Å².